The Bertz CT molecular complexity index is 1220. The molecular weight excluding hydrogens is 340 g/mol. The summed E-state index contributed by atoms with van der Waals surface area (Å²) in [6.07, 6.45) is 0. The van der Waals surface area contributed by atoms with Crippen LogP contribution in [-0.4, -0.2) is 24.7 Å². The fraction of sp³-hybridized carbons (Fsp3) is 0.0625. The maximum absolute atomic E-state index is 12.4. The number of hydrogen-bond donors (Lipinski definition) is 1. The monoisotopic (exact) mass is 352 g/mol. The van der Waals surface area contributed by atoms with Gasteiger partial charge in [-0.05, 0) is 24.3 Å². The Balaban J connectivity index is 1.71. The predicted octanol–water partition coefficient (Wildman–Crippen LogP) is 0.965. The van der Waals surface area contributed by atoms with Gasteiger partial charge in [-0.2, -0.15) is 4.68 Å². The Morgan fingerprint density at radius 3 is 2.32 bits per heavy atom. The summed E-state index contributed by atoms with van der Waals surface area (Å²) in [5.74, 6) is 5.98. The van der Waals surface area contributed by atoms with E-state index in [0.29, 0.717) is 27.0 Å². The van der Waals surface area contributed by atoms with Crippen LogP contribution in [0, 0.1) is 0 Å². The molecule has 0 radical (unpaired) electrons. The molecule has 0 fully saturated rings. The van der Waals surface area contributed by atoms with E-state index in [1.54, 1.807) is 48.5 Å². The van der Waals surface area contributed by atoms with Crippen molar-refractivity contribution in [3.63, 3.8) is 0 Å². The number of fused-ring (bicyclic) bond motifs is 2. The molecule has 0 unspecified atom stereocenters. The van der Waals surface area contributed by atoms with Crippen molar-refractivity contribution >= 4 is 33.6 Å². The summed E-state index contributed by atoms with van der Waals surface area (Å²) >= 11 is 1.14. The molecule has 0 atom stereocenters. The minimum atomic E-state index is -0.343. The Labute approximate surface area is 144 Å². The molecule has 0 saturated carbocycles. The van der Waals surface area contributed by atoms with Crippen molar-refractivity contribution in [2.75, 3.05) is 5.84 Å². The Hall–Kier alpha value is -3.20. The standard InChI is InChI=1S/C16H12N6O2S/c17-22-15(24)10-5-1-3-7-12(10)18-16(22)25-9-21-14(23)11-6-2-4-8-13(11)19-20-21/h1-8H,9,17H2. The molecule has 8 nitrogen and oxygen atoms in total. The fourth-order valence-electron chi connectivity index (χ4n) is 2.45. The van der Waals surface area contributed by atoms with Gasteiger partial charge in [0.15, 0.2) is 5.16 Å². The zero-order valence-electron chi connectivity index (χ0n) is 12.9. The van der Waals surface area contributed by atoms with Gasteiger partial charge in [-0.25, -0.2) is 9.66 Å². The number of nitrogen functional groups attached to an aromatic ring is 1. The van der Waals surface area contributed by atoms with Crippen LogP contribution in [0.4, 0.5) is 0 Å². The Morgan fingerprint density at radius 2 is 1.56 bits per heavy atom. The van der Waals surface area contributed by atoms with Crippen LogP contribution in [0.15, 0.2) is 63.3 Å². The second-order valence-electron chi connectivity index (χ2n) is 5.27. The van der Waals surface area contributed by atoms with Crippen LogP contribution in [-0.2, 0) is 5.88 Å². The molecule has 2 N–H and O–H groups in total. The lowest BCUT2D eigenvalue weighted by atomic mass is 10.2. The third-order valence-corrected chi connectivity index (χ3v) is 4.64. The zero-order chi connectivity index (χ0) is 17.4. The SMILES string of the molecule is Nn1c(SCn2nnc3ccccc3c2=O)nc2ccccc2c1=O. The number of benzene rings is 2. The molecule has 0 amide bonds. The van der Waals surface area contributed by atoms with Crippen molar-refractivity contribution in [3.8, 4) is 0 Å². The maximum Gasteiger partial charge on any atom is 0.280 e. The lowest BCUT2D eigenvalue weighted by Gasteiger charge is -2.09. The molecule has 4 rings (SSSR count). The van der Waals surface area contributed by atoms with E-state index >= 15 is 0 Å². The number of nitrogens with two attached hydrogens (primary N) is 1. The highest BCUT2D eigenvalue weighted by Crippen LogP contribution is 2.17. The molecule has 2 heterocycles. The van der Waals surface area contributed by atoms with Crippen LogP contribution < -0.4 is 17.0 Å². The van der Waals surface area contributed by atoms with E-state index < -0.39 is 0 Å². The highest BCUT2D eigenvalue weighted by molar-refractivity contribution is 7.98. The van der Waals surface area contributed by atoms with E-state index in [1.165, 1.54) is 4.68 Å². The third-order valence-electron chi connectivity index (χ3n) is 3.72. The van der Waals surface area contributed by atoms with Crippen LogP contribution in [0.5, 0.6) is 0 Å². The lowest BCUT2D eigenvalue weighted by molar-refractivity contribution is 0.641. The molecule has 25 heavy (non-hydrogen) atoms. The Kier molecular flexibility index (Phi) is 3.69. The van der Waals surface area contributed by atoms with Crippen LogP contribution in [0.2, 0.25) is 0 Å². The summed E-state index contributed by atoms with van der Waals surface area (Å²) in [4.78, 5) is 29.1. The quantitative estimate of drug-likeness (QED) is 0.332. The number of hydrogen-bond acceptors (Lipinski definition) is 7. The average Bonchev–Trinajstić information content (AvgIpc) is 2.65. The van der Waals surface area contributed by atoms with Crippen LogP contribution >= 0.6 is 11.8 Å². The molecular formula is C16H12N6O2S. The van der Waals surface area contributed by atoms with E-state index in [1.807, 2.05) is 0 Å². The first-order valence-electron chi connectivity index (χ1n) is 7.37. The topological polar surface area (TPSA) is 109 Å². The zero-order valence-corrected chi connectivity index (χ0v) is 13.7. The first-order valence-corrected chi connectivity index (χ1v) is 8.36. The van der Waals surface area contributed by atoms with E-state index in [9.17, 15) is 9.59 Å². The van der Waals surface area contributed by atoms with Crippen LogP contribution in [0.3, 0.4) is 0 Å². The minimum Gasteiger partial charge on any atom is -0.334 e. The number of thioether (sulfide) groups is 1. The Morgan fingerprint density at radius 1 is 0.920 bits per heavy atom. The molecule has 0 saturated heterocycles. The fourth-order valence-corrected chi connectivity index (χ4v) is 3.25. The first kappa shape index (κ1) is 15.3. The summed E-state index contributed by atoms with van der Waals surface area (Å²) < 4.78 is 2.20. The third kappa shape index (κ3) is 2.64. The van der Waals surface area contributed by atoms with E-state index in [0.717, 1.165) is 16.4 Å². The van der Waals surface area contributed by atoms with E-state index in [4.69, 9.17) is 5.84 Å². The highest BCUT2D eigenvalue weighted by Gasteiger charge is 2.11. The van der Waals surface area contributed by atoms with E-state index in [-0.39, 0.29) is 17.0 Å². The van der Waals surface area contributed by atoms with Gasteiger partial charge in [-0.15, -0.1) is 5.10 Å². The minimum absolute atomic E-state index is 0.138. The smallest absolute Gasteiger partial charge is 0.280 e. The van der Waals surface area contributed by atoms with Crippen molar-refractivity contribution < 1.29 is 0 Å². The summed E-state index contributed by atoms with van der Waals surface area (Å²) in [5.41, 5.74) is 0.483. The highest BCUT2D eigenvalue weighted by atomic mass is 32.2. The summed E-state index contributed by atoms with van der Waals surface area (Å²) in [6, 6.07) is 13.9. The molecule has 0 aliphatic carbocycles. The van der Waals surface area contributed by atoms with Gasteiger partial charge in [0.1, 0.15) is 5.52 Å². The average molecular weight is 352 g/mol. The molecule has 9 heteroatoms. The maximum atomic E-state index is 12.4. The van der Waals surface area contributed by atoms with Crippen LogP contribution in [0.25, 0.3) is 21.8 Å². The number of rotatable bonds is 3. The summed E-state index contributed by atoms with van der Waals surface area (Å²) in [7, 11) is 0. The van der Waals surface area contributed by atoms with Gasteiger partial charge < -0.3 is 5.84 Å². The van der Waals surface area contributed by atoms with Gasteiger partial charge in [0.25, 0.3) is 11.1 Å². The molecule has 2 aromatic carbocycles. The molecule has 0 spiro atoms. The summed E-state index contributed by atoms with van der Waals surface area (Å²) in [6.45, 7) is 0. The van der Waals surface area contributed by atoms with Gasteiger partial charge in [-0.1, -0.05) is 41.2 Å². The van der Waals surface area contributed by atoms with Crippen molar-refractivity contribution in [1.29, 1.82) is 0 Å². The van der Waals surface area contributed by atoms with Crippen molar-refractivity contribution in [2.45, 2.75) is 11.0 Å². The van der Waals surface area contributed by atoms with E-state index in [2.05, 4.69) is 15.3 Å². The molecule has 124 valence electrons. The second kappa shape index (κ2) is 6.02. The second-order valence-corrected chi connectivity index (χ2v) is 6.18. The number of para-hydroxylation sites is 1. The van der Waals surface area contributed by atoms with Gasteiger partial charge in [-0.3, -0.25) is 9.59 Å². The molecule has 4 aromatic rings. The molecule has 2 aromatic heterocycles. The number of nitrogens with zero attached hydrogens (tertiary/aromatic N) is 5. The van der Waals surface area contributed by atoms with Crippen LogP contribution in [0.1, 0.15) is 0 Å². The van der Waals surface area contributed by atoms with Gasteiger partial charge in [0, 0.05) is 0 Å². The van der Waals surface area contributed by atoms with Crippen molar-refractivity contribution in [1.82, 2.24) is 24.7 Å². The lowest BCUT2D eigenvalue weighted by Crippen LogP contribution is -2.30. The largest absolute Gasteiger partial charge is 0.334 e. The van der Waals surface area contributed by atoms with Crippen molar-refractivity contribution in [2.24, 2.45) is 0 Å². The molecule has 0 aliphatic rings. The predicted molar refractivity (Wildman–Crippen MR) is 95.8 cm³/mol. The normalized spacial score (nSPS) is 11.2. The molecule has 0 aliphatic heterocycles. The summed E-state index contributed by atoms with van der Waals surface area (Å²) in [5, 5.41) is 9.16. The van der Waals surface area contributed by atoms with Crippen molar-refractivity contribution in [3.05, 3.63) is 69.2 Å². The number of aromatic nitrogens is 5. The molecule has 0 bridgehead atoms. The first-order chi connectivity index (χ1) is 12.1. The van der Waals surface area contributed by atoms with Gasteiger partial charge in [0.05, 0.1) is 22.2 Å². The van der Waals surface area contributed by atoms with Gasteiger partial charge >= 0.3 is 0 Å². The van der Waals surface area contributed by atoms with Gasteiger partial charge in [0.2, 0.25) is 0 Å².